The van der Waals surface area contributed by atoms with Crippen molar-refractivity contribution in [1.29, 1.82) is 0 Å². The van der Waals surface area contributed by atoms with Crippen molar-refractivity contribution < 1.29 is 9.18 Å². The summed E-state index contributed by atoms with van der Waals surface area (Å²) in [5.41, 5.74) is -2.00. The van der Waals surface area contributed by atoms with Crippen LogP contribution in [0.4, 0.5) is 4.39 Å². The van der Waals surface area contributed by atoms with Gasteiger partial charge in [0.2, 0.25) is 11.7 Å². The smallest absolute Gasteiger partial charge is 0.274 e. The number of H-pyrrole nitrogens is 1. The van der Waals surface area contributed by atoms with E-state index in [-0.39, 0.29) is 6.42 Å². The highest BCUT2D eigenvalue weighted by Gasteiger charge is 2.10. The first-order valence-electron chi connectivity index (χ1n) is 10.1. The van der Waals surface area contributed by atoms with E-state index in [1.807, 2.05) is 0 Å². The molecule has 0 bridgehead atoms. The van der Waals surface area contributed by atoms with Crippen LogP contribution in [-0.2, 0) is 0 Å². The fourth-order valence-corrected chi connectivity index (χ4v) is 2.65. The molecule has 0 aromatic carbocycles. The first kappa shape index (κ1) is 23.5. The van der Waals surface area contributed by atoms with Gasteiger partial charge in [-0.25, -0.2) is 9.36 Å². The van der Waals surface area contributed by atoms with Crippen LogP contribution in [0.2, 0.25) is 0 Å². The van der Waals surface area contributed by atoms with Crippen LogP contribution in [0.3, 0.4) is 0 Å². The average molecular weight is 390 g/mol. The Morgan fingerprint density at radius 1 is 0.964 bits per heavy atom. The number of rotatable bonds is 13. The van der Waals surface area contributed by atoms with Gasteiger partial charge in [0.05, 0.1) is 6.20 Å². The molecule has 154 valence electrons. The number of nitrogens with one attached hydrogen (secondary N) is 1. The lowest BCUT2D eigenvalue weighted by atomic mass is 10.1. The van der Waals surface area contributed by atoms with Crippen LogP contribution in [0.1, 0.15) is 75.9 Å². The van der Waals surface area contributed by atoms with Gasteiger partial charge in [-0.3, -0.25) is 14.6 Å². The summed E-state index contributed by atoms with van der Waals surface area (Å²) >= 11 is 0. The predicted octanol–water partition coefficient (Wildman–Crippen LogP) is 4.91. The highest BCUT2D eigenvalue weighted by molar-refractivity contribution is 5.78. The van der Waals surface area contributed by atoms with E-state index in [4.69, 9.17) is 0 Å². The molecular weight excluding hydrogens is 359 g/mol. The van der Waals surface area contributed by atoms with Gasteiger partial charge in [0.1, 0.15) is 0 Å². The van der Waals surface area contributed by atoms with Gasteiger partial charge in [-0.15, -0.1) is 0 Å². The van der Waals surface area contributed by atoms with Gasteiger partial charge in [0.25, 0.3) is 5.56 Å². The Labute approximate surface area is 165 Å². The molecule has 0 saturated heterocycles. The lowest BCUT2D eigenvalue weighted by molar-refractivity contribution is 0.0891. The second-order valence-electron chi connectivity index (χ2n) is 6.60. The van der Waals surface area contributed by atoms with E-state index in [1.54, 1.807) is 4.98 Å². The number of hydrogen-bond acceptors (Lipinski definition) is 3. The fraction of sp³-hybridized carbons (Fsp3) is 0.500. The van der Waals surface area contributed by atoms with Crippen molar-refractivity contribution in [1.82, 2.24) is 9.55 Å². The summed E-state index contributed by atoms with van der Waals surface area (Å²) in [4.78, 5) is 36.2. The summed E-state index contributed by atoms with van der Waals surface area (Å²) in [6.07, 6.45) is 22.7. The lowest BCUT2D eigenvalue weighted by Crippen LogP contribution is -2.34. The number of carbonyl (C=O) groups is 1. The third kappa shape index (κ3) is 10.00. The van der Waals surface area contributed by atoms with Crippen LogP contribution >= 0.6 is 0 Å². The van der Waals surface area contributed by atoms with Crippen LogP contribution in [0.5, 0.6) is 0 Å². The zero-order valence-electron chi connectivity index (χ0n) is 16.7. The summed E-state index contributed by atoms with van der Waals surface area (Å²) in [6, 6.07) is 0. The standard InChI is InChI=1S/C22H31FN2O3/c1-2-3-4-5-6-7-8-9-10-11-12-13-14-15-16-17-20(26)25-18-19(23)21(27)24-22(25)28/h3-4,6-7,9-10,18H,2,5,8,11-17H2,1H3,(H,24,27,28). The van der Waals surface area contributed by atoms with Gasteiger partial charge in [-0.2, -0.15) is 4.39 Å². The zero-order valence-corrected chi connectivity index (χ0v) is 16.7. The maximum Gasteiger partial charge on any atom is 0.335 e. The second kappa shape index (κ2) is 14.5. The van der Waals surface area contributed by atoms with Crippen LogP contribution in [0.25, 0.3) is 0 Å². The third-order valence-electron chi connectivity index (χ3n) is 4.21. The Kier molecular flexibility index (Phi) is 12.2. The van der Waals surface area contributed by atoms with Crippen molar-refractivity contribution in [3.63, 3.8) is 0 Å². The minimum atomic E-state index is -1.13. The van der Waals surface area contributed by atoms with Crippen LogP contribution in [0.15, 0.2) is 52.2 Å². The monoisotopic (exact) mass is 390 g/mol. The Bertz CT molecular complexity index is 788. The first-order valence-corrected chi connectivity index (χ1v) is 10.1. The quantitative estimate of drug-likeness (QED) is 0.384. The minimum Gasteiger partial charge on any atom is -0.274 e. The molecule has 0 unspecified atom stereocenters. The maximum atomic E-state index is 13.2. The molecule has 1 N–H and O–H groups in total. The molecule has 0 aliphatic rings. The molecule has 0 atom stereocenters. The van der Waals surface area contributed by atoms with Gasteiger partial charge >= 0.3 is 5.69 Å². The predicted molar refractivity (Wildman–Crippen MR) is 111 cm³/mol. The van der Waals surface area contributed by atoms with E-state index >= 15 is 0 Å². The van der Waals surface area contributed by atoms with Crippen molar-refractivity contribution >= 4 is 5.91 Å². The largest absolute Gasteiger partial charge is 0.335 e. The Balaban J connectivity index is 2.07. The Morgan fingerprint density at radius 3 is 2.29 bits per heavy atom. The molecule has 5 nitrogen and oxygen atoms in total. The van der Waals surface area contributed by atoms with Crippen molar-refractivity contribution in [3.8, 4) is 0 Å². The second-order valence-corrected chi connectivity index (χ2v) is 6.60. The zero-order chi connectivity index (χ0) is 20.6. The van der Waals surface area contributed by atoms with E-state index < -0.39 is 23.0 Å². The number of aromatic nitrogens is 2. The molecule has 1 aromatic heterocycles. The summed E-state index contributed by atoms with van der Waals surface area (Å²) in [7, 11) is 0. The maximum absolute atomic E-state index is 13.2. The van der Waals surface area contributed by atoms with Crippen molar-refractivity contribution in [2.45, 2.75) is 71.1 Å². The van der Waals surface area contributed by atoms with E-state index in [9.17, 15) is 18.8 Å². The van der Waals surface area contributed by atoms with E-state index in [2.05, 4.69) is 43.4 Å². The van der Waals surface area contributed by atoms with Crippen LogP contribution in [0, 0.1) is 5.82 Å². The van der Waals surface area contributed by atoms with E-state index in [1.165, 1.54) is 0 Å². The molecule has 1 rings (SSSR count). The van der Waals surface area contributed by atoms with Gasteiger partial charge in [0.15, 0.2) is 0 Å². The molecule has 0 spiro atoms. The summed E-state index contributed by atoms with van der Waals surface area (Å²) in [5, 5.41) is 0. The fourth-order valence-electron chi connectivity index (χ4n) is 2.65. The van der Waals surface area contributed by atoms with Crippen molar-refractivity contribution in [2.24, 2.45) is 0 Å². The highest BCUT2D eigenvalue weighted by atomic mass is 19.1. The number of unbranched alkanes of at least 4 members (excludes halogenated alkanes) is 5. The molecule has 0 amide bonds. The number of allylic oxidation sites excluding steroid dienone is 6. The molecule has 1 heterocycles. The molecule has 6 heteroatoms. The molecule has 0 aliphatic carbocycles. The molecule has 0 radical (unpaired) electrons. The van der Waals surface area contributed by atoms with Gasteiger partial charge < -0.3 is 0 Å². The average Bonchev–Trinajstić information content (AvgIpc) is 2.67. The number of hydrogen-bond donors (Lipinski definition) is 1. The third-order valence-corrected chi connectivity index (χ3v) is 4.21. The molecule has 1 aromatic rings. The molecule has 28 heavy (non-hydrogen) atoms. The van der Waals surface area contributed by atoms with Crippen molar-refractivity contribution in [2.75, 3.05) is 0 Å². The lowest BCUT2D eigenvalue weighted by Gasteiger charge is -2.04. The summed E-state index contributed by atoms with van der Waals surface area (Å²) in [5.74, 6) is -1.63. The molecular formula is C22H31FN2O3. The van der Waals surface area contributed by atoms with Crippen LogP contribution < -0.4 is 11.2 Å². The first-order chi connectivity index (χ1) is 13.6. The molecule has 0 fully saturated rings. The van der Waals surface area contributed by atoms with Gasteiger partial charge in [0, 0.05) is 6.42 Å². The number of halogens is 1. The molecule has 0 aliphatic heterocycles. The summed E-state index contributed by atoms with van der Waals surface area (Å²) < 4.78 is 13.8. The topological polar surface area (TPSA) is 71.9 Å². The van der Waals surface area contributed by atoms with Crippen LogP contribution in [-0.4, -0.2) is 15.5 Å². The van der Waals surface area contributed by atoms with Crippen molar-refractivity contribution in [3.05, 3.63) is 69.3 Å². The van der Waals surface area contributed by atoms with Gasteiger partial charge in [-0.1, -0.05) is 62.6 Å². The van der Waals surface area contributed by atoms with E-state index in [0.717, 1.165) is 51.4 Å². The van der Waals surface area contributed by atoms with E-state index in [0.29, 0.717) is 17.2 Å². The van der Waals surface area contributed by atoms with Gasteiger partial charge in [-0.05, 0) is 38.5 Å². The molecule has 0 saturated carbocycles. The number of aromatic amines is 1. The number of nitrogens with zero attached hydrogens (tertiary/aromatic N) is 1. The summed E-state index contributed by atoms with van der Waals surface area (Å²) in [6.45, 7) is 2.13. The highest BCUT2D eigenvalue weighted by Crippen LogP contribution is 2.08. The Hall–Kier alpha value is -2.50. The normalized spacial score (nSPS) is 11.9. The number of carbonyl (C=O) groups excluding carboxylic acids is 1. The Morgan fingerprint density at radius 2 is 1.57 bits per heavy atom. The minimum absolute atomic E-state index is 0.158. The SMILES string of the molecule is CCC=CCC=CCC=CCCCCCCCC(=O)n1cc(F)c(=O)[nH]c1=O.